The molecule has 0 aliphatic rings. The monoisotopic (exact) mass is 332 g/mol. The van der Waals surface area contributed by atoms with Crippen LogP contribution < -0.4 is 14.9 Å². The fraction of sp³-hybridized carbons (Fsp3) is 0.176. The highest BCUT2D eigenvalue weighted by Gasteiger charge is 2.09. The number of carbonyl (C=O) groups excluding carboxylic acids is 1. The lowest BCUT2D eigenvalue weighted by Crippen LogP contribution is -2.24. The molecule has 0 saturated carbocycles. The molecule has 0 saturated heterocycles. The van der Waals surface area contributed by atoms with E-state index in [2.05, 4.69) is 10.5 Å². The maximum atomic E-state index is 11.8. The van der Waals surface area contributed by atoms with Crippen molar-refractivity contribution >= 4 is 23.7 Å². The van der Waals surface area contributed by atoms with Gasteiger partial charge in [-0.05, 0) is 24.6 Å². The van der Waals surface area contributed by atoms with Gasteiger partial charge < -0.3 is 9.47 Å². The lowest BCUT2D eigenvalue weighted by atomic mass is 10.2. The number of hydrogen-bond acceptors (Lipinski definition) is 4. The van der Waals surface area contributed by atoms with Crippen molar-refractivity contribution in [3.63, 3.8) is 0 Å². The van der Waals surface area contributed by atoms with E-state index < -0.39 is 0 Å². The van der Waals surface area contributed by atoms with E-state index in [0.717, 1.165) is 11.1 Å². The molecule has 0 atom stereocenters. The third-order valence-corrected chi connectivity index (χ3v) is 3.39. The van der Waals surface area contributed by atoms with Crippen LogP contribution in [0.5, 0.6) is 11.5 Å². The van der Waals surface area contributed by atoms with Gasteiger partial charge in [0.2, 0.25) is 0 Å². The van der Waals surface area contributed by atoms with Crippen molar-refractivity contribution in [1.29, 1.82) is 0 Å². The average Bonchev–Trinajstić information content (AvgIpc) is 2.55. The zero-order chi connectivity index (χ0) is 16.7. The Balaban J connectivity index is 1.90. The number of nitrogens with zero attached hydrogens (tertiary/aromatic N) is 1. The van der Waals surface area contributed by atoms with Gasteiger partial charge >= 0.3 is 0 Å². The molecule has 0 unspecified atom stereocenters. The minimum atomic E-state index is -0.376. The van der Waals surface area contributed by atoms with Crippen LogP contribution in [0.15, 0.2) is 47.6 Å². The molecule has 0 aromatic heterocycles. The van der Waals surface area contributed by atoms with Crippen molar-refractivity contribution in [2.45, 2.75) is 6.92 Å². The highest BCUT2D eigenvalue weighted by Crippen LogP contribution is 2.30. The number of hydrogen-bond donors (Lipinski definition) is 1. The summed E-state index contributed by atoms with van der Waals surface area (Å²) >= 11 is 5.99. The predicted octanol–water partition coefficient (Wildman–Crippen LogP) is 3.19. The normalized spacial score (nSPS) is 10.6. The van der Waals surface area contributed by atoms with E-state index in [1.807, 2.05) is 31.2 Å². The fourth-order valence-corrected chi connectivity index (χ4v) is 2.08. The smallest absolute Gasteiger partial charge is 0.277 e. The molecule has 0 spiro atoms. The van der Waals surface area contributed by atoms with Gasteiger partial charge in [0.05, 0.1) is 13.3 Å². The number of amides is 1. The van der Waals surface area contributed by atoms with Gasteiger partial charge in [-0.25, -0.2) is 5.43 Å². The molecular formula is C17H17ClN2O3. The second-order valence-electron chi connectivity index (χ2n) is 4.71. The second kappa shape index (κ2) is 8.19. The summed E-state index contributed by atoms with van der Waals surface area (Å²) in [5, 5.41) is 4.42. The lowest BCUT2D eigenvalue weighted by Gasteiger charge is -2.12. The number of para-hydroxylation sites is 1. The standard InChI is InChI=1S/C17H17ClN2O3/c1-12-6-5-9-15(22-2)17(12)23-11-16(21)20-19-10-13-7-3-4-8-14(13)18/h3-10H,11H2,1-2H3,(H,20,21). The van der Waals surface area contributed by atoms with Crippen molar-refractivity contribution in [3.05, 3.63) is 58.6 Å². The zero-order valence-corrected chi connectivity index (χ0v) is 13.6. The average molecular weight is 333 g/mol. The SMILES string of the molecule is COc1cccc(C)c1OCC(=O)NN=Cc1ccccc1Cl. The number of carbonyl (C=O) groups is 1. The first kappa shape index (κ1) is 16.8. The zero-order valence-electron chi connectivity index (χ0n) is 12.9. The van der Waals surface area contributed by atoms with Crippen molar-refractivity contribution < 1.29 is 14.3 Å². The summed E-state index contributed by atoms with van der Waals surface area (Å²) < 4.78 is 10.7. The molecular weight excluding hydrogens is 316 g/mol. The van der Waals surface area contributed by atoms with Crippen LogP contribution in [-0.2, 0) is 4.79 Å². The molecule has 0 bridgehead atoms. The lowest BCUT2D eigenvalue weighted by molar-refractivity contribution is -0.123. The number of hydrazone groups is 1. The number of rotatable bonds is 6. The molecule has 1 N–H and O–H groups in total. The summed E-state index contributed by atoms with van der Waals surface area (Å²) in [6.07, 6.45) is 1.48. The molecule has 0 aliphatic heterocycles. The van der Waals surface area contributed by atoms with Gasteiger partial charge in [0.1, 0.15) is 0 Å². The van der Waals surface area contributed by atoms with Crippen molar-refractivity contribution in [2.24, 2.45) is 5.10 Å². The first-order chi connectivity index (χ1) is 11.1. The third-order valence-electron chi connectivity index (χ3n) is 3.04. The fourth-order valence-electron chi connectivity index (χ4n) is 1.89. The van der Waals surface area contributed by atoms with Crippen LogP contribution in [0.25, 0.3) is 0 Å². The van der Waals surface area contributed by atoms with Crippen LogP contribution in [0.1, 0.15) is 11.1 Å². The topological polar surface area (TPSA) is 59.9 Å². The Morgan fingerprint density at radius 2 is 2.04 bits per heavy atom. The molecule has 23 heavy (non-hydrogen) atoms. The first-order valence-electron chi connectivity index (χ1n) is 6.94. The van der Waals surface area contributed by atoms with E-state index in [0.29, 0.717) is 16.5 Å². The molecule has 0 aliphatic carbocycles. The summed E-state index contributed by atoms with van der Waals surface area (Å²) in [5.74, 6) is 0.746. The number of aryl methyl sites for hydroxylation is 1. The summed E-state index contributed by atoms with van der Waals surface area (Å²) in [7, 11) is 1.55. The van der Waals surface area contributed by atoms with Gasteiger partial charge in [-0.2, -0.15) is 5.10 Å². The highest BCUT2D eigenvalue weighted by molar-refractivity contribution is 6.33. The number of benzene rings is 2. The van der Waals surface area contributed by atoms with Crippen LogP contribution in [0.3, 0.4) is 0 Å². The van der Waals surface area contributed by atoms with Crippen molar-refractivity contribution in [1.82, 2.24) is 5.43 Å². The molecule has 0 radical (unpaired) electrons. The second-order valence-corrected chi connectivity index (χ2v) is 5.12. The molecule has 2 rings (SSSR count). The minimum absolute atomic E-state index is 0.166. The van der Waals surface area contributed by atoms with E-state index in [9.17, 15) is 4.79 Å². The molecule has 2 aromatic rings. The van der Waals surface area contributed by atoms with E-state index in [1.165, 1.54) is 6.21 Å². The predicted molar refractivity (Wildman–Crippen MR) is 90.4 cm³/mol. The Kier molecular flexibility index (Phi) is 6.00. The first-order valence-corrected chi connectivity index (χ1v) is 7.32. The maximum Gasteiger partial charge on any atom is 0.277 e. The molecule has 0 heterocycles. The Labute approximate surface area is 139 Å². The van der Waals surface area contributed by atoms with Gasteiger partial charge in [-0.3, -0.25) is 4.79 Å². The minimum Gasteiger partial charge on any atom is -0.493 e. The van der Waals surface area contributed by atoms with Gasteiger partial charge in [-0.1, -0.05) is 41.9 Å². The van der Waals surface area contributed by atoms with E-state index in [4.69, 9.17) is 21.1 Å². The van der Waals surface area contributed by atoms with Gasteiger partial charge in [0.25, 0.3) is 5.91 Å². The molecule has 2 aromatic carbocycles. The van der Waals surface area contributed by atoms with Crippen LogP contribution in [-0.4, -0.2) is 25.8 Å². The molecule has 120 valence electrons. The maximum absolute atomic E-state index is 11.8. The number of ether oxygens (including phenoxy) is 2. The largest absolute Gasteiger partial charge is 0.493 e. The number of nitrogens with one attached hydrogen (secondary N) is 1. The Morgan fingerprint density at radius 3 is 2.78 bits per heavy atom. The molecule has 0 fully saturated rings. The third kappa shape index (κ3) is 4.72. The van der Waals surface area contributed by atoms with Crippen molar-refractivity contribution in [3.8, 4) is 11.5 Å². The summed E-state index contributed by atoms with van der Waals surface area (Å²) in [6.45, 7) is 1.71. The van der Waals surface area contributed by atoms with Crippen LogP contribution in [0.4, 0.5) is 0 Å². The summed E-state index contributed by atoms with van der Waals surface area (Å²) in [5.41, 5.74) is 4.00. The van der Waals surface area contributed by atoms with Crippen LogP contribution in [0.2, 0.25) is 5.02 Å². The Morgan fingerprint density at radius 1 is 1.26 bits per heavy atom. The van der Waals surface area contributed by atoms with Gasteiger partial charge in [0, 0.05) is 10.6 Å². The Hall–Kier alpha value is -2.53. The molecule has 5 nitrogen and oxygen atoms in total. The summed E-state index contributed by atoms with van der Waals surface area (Å²) in [6, 6.07) is 12.7. The van der Waals surface area contributed by atoms with Crippen molar-refractivity contribution in [2.75, 3.05) is 13.7 Å². The van der Waals surface area contributed by atoms with E-state index in [-0.39, 0.29) is 12.5 Å². The molecule has 6 heteroatoms. The summed E-state index contributed by atoms with van der Waals surface area (Å²) in [4.78, 5) is 11.8. The highest BCUT2D eigenvalue weighted by atomic mass is 35.5. The number of halogens is 1. The van der Waals surface area contributed by atoms with Gasteiger partial charge in [-0.15, -0.1) is 0 Å². The van der Waals surface area contributed by atoms with E-state index >= 15 is 0 Å². The molecule has 1 amide bonds. The van der Waals surface area contributed by atoms with Crippen LogP contribution >= 0.6 is 11.6 Å². The van der Waals surface area contributed by atoms with Gasteiger partial charge in [0.15, 0.2) is 18.1 Å². The Bertz CT molecular complexity index is 717. The van der Waals surface area contributed by atoms with Crippen LogP contribution in [0, 0.1) is 6.92 Å². The quantitative estimate of drug-likeness (QED) is 0.653. The number of methoxy groups -OCH3 is 1. The van der Waals surface area contributed by atoms with E-state index in [1.54, 1.807) is 25.3 Å².